The molecule has 3 heterocycles. The van der Waals surface area contributed by atoms with Gasteiger partial charge in [0, 0.05) is 43.4 Å². The third kappa shape index (κ3) is 3.48. The lowest BCUT2D eigenvalue weighted by atomic mass is 9.77. The average Bonchev–Trinajstić information content (AvgIpc) is 3.11. The molecule has 0 amide bonds. The Hall–Kier alpha value is -1.72. The van der Waals surface area contributed by atoms with Crippen molar-refractivity contribution in [1.82, 2.24) is 14.7 Å². The number of likely N-dealkylation sites (tertiary alicyclic amines) is 1. The number of hydrogen-bond donors (Lipinski definition) is 0. The van der Waals surface area contributed by atoms with Gasteiger partial charge in [0.15, 0.2) is 0 Å². The van der Waals surface area contributed by atoms with Gasteiger partial charge in [0.2, 0.25) is 0 Å². The van der Waals surface area contributed by atoms with Gasteiger partial charge < -0.3 is 4.74 Å². The number of aryl methyl sites for hydroxylation is 2. The minimum atomic E-state index is -0.164. The van der Waals surface area contributed by atoms with Crippen LogP contribution in [0.25, 0.3) is 0 Å². The Morgan fingerprint density at radius 3 is 2.92 bits per heavy atom. The maximum atomic E-state index is 13.3. The van der Waals surface area contributed by atoms with Crippen LogP contribution in [-0.4, -0.2) is 40.5 Å². The van der Waals surface area contributed by atoms with Crippen LogP contribution in [-0.2, 0) is 24.2 Å². The van der Waals surface area contributed by atoms with Gasteiger partial charge in [-0.1, -0.05) is 12.1 Å². The molecule has 0 aliphatic carbocycles. The summed E-state index contributed by atoms with van der Waals surface area (Å²) in [7, 11) is 0. The molecule has 0 bridgehead atoms. The van der Waals surface area contributed by atoms with Crippen LogP contribution in [0.1, 0.15) is 30.2 Å². The van der Waals surface area contributed by atoms with Crippen LogP contribution >= 0.6 is 0 Å². The summed E-state index contributed by atoms with van der Waals surface area (Å²) in [6.45, 7) is 9.10. The van der Waals surface area contributed by atoms with Gasteiger partial charge in [-0.3, -0.25) is 9.58 Å². The molecule has 2 aliphatic rings. The first-order chi connectivity index (χ1) is 12.0. The first-order valence-corrected chi connectivity index (χ1v) is 9.17. The van der Waals surface area contributed by atoms with E-state index in [9.17, 15) is 4.39 Å². The van der Waals surface area contributed by atoms with Crippen molar-refractivity contribution in [2.24, 2.45) is 5.41 Å². The van der Waals surface area contributed by atoms with Crippen LogP contribution in [0.15, 0.2) is 30.5 Å². The van der Waals surface area contributed by atoms with Crippen LogP contribution in [0, 0.1) is 18.2 Å². The first-order valence-electron chi connectivity index (χ1n) is 9.17. The quantitative estimate of drug-likeness (QED) is 0.835. The van der Waals surface area contributed by atoms with E-state index in [1.807, 2.05) is 10.7 Å². The number of nitrogens with zero attached hydrogens (tertiary/aromatic N) is 3. The Labute approximate surface area is 148 Å². The molecule has 134 valence electrons. The summed E-state index contributed by atoms with van der Waals surface area (Å²) < 4.78 is 21.4. The predicted molar refractivity (Wildman–Crippen MR) is 94.8 cm³/mol. The molecule has 1 aromatic carbocycles. The van der Waals surface area contributed by atoms with Gasteiger partial charge in [0.25, 0.3) is 0 Å². The Morgan fingerprint density at radius 1 is 1.36 bits per heavy atom. The summed E-state index contributed by atoms with van der Waals surface area (Å²) >= 11 is 0. The molecule has 0 saturated carbocycles. The number of ether oxygens (including phenoxy) is 1. The molecule has 2 aliphatic heterocycles. The molecule has 1 spiro atoms. The van der Waals surface area contributed by atoms with E-state index in [0.29, 0.717) is 5.41 Å². The molecule has 2 aromatic rings. The standard InChI is InChI=1S/C20H26FN3O/c1-3-24-11-17(15(2)22-24)10-23-12-20(13-23)9-19(25-14-20)8-16-5-4-6-18(21)7-16/h4-7,11,19H,3,8-10,12-14H2,1-2H3/t19-/m1/s1. The summed E-state index contributed by atoms with van der Waals surface area (Å²) in [6, 6.07) is 6.88. The molecule has 1 atom stereocenters. The SMILES string of the molecule is CCn1cc(CN2CC3(CO[C@H](Cc4cccc(F)c4)C3)C2)c(C)n1. The van der Waals surface area contributed by atoms with Crippen molar-refractivity contribution in [3.63, 3.8) is 0 Å². The van der Waals surface area contributed by atoms with Gasteiger partial charge in [0.1, 0.15) is 5.82 Å². The monoisotopic (exact) mass is 343 g/mol. The molecule has 0 unspecified atom stereocenters. The minimum absolute atomic E-state index is 0.164. The Morgan fingerprint density at radius 2 is 2.20 bits per heavy atom. The zero-order chi connectivity index (χ0) is 17.4. The Balaban J connectivity index is 1.30. The molecule has 2 saturated heterocycles. The van der Waals surface area contributed by atoms with Crippen molar-refractivity contribution in [3.05, 3.63) is 53.1 Å². The van der Waals surface area contributed by atoms with Crippen molar-refractivity contribution in [1.29, 1.82) is 0 Å². The van der Waals surface area contributed by atoms with Crippen molar-refractivity contribution < 1.29 is 9.13 Å². The highest BCUT2D eigenvalue weighted by Gasteiger charge is 2.48. The Kier molecular flexibility index (Phi) is 4.38. The summed E-state index contributed by atoms with van der Waals surface area (Å²) in [5, 5.41) is 4.53. The van der Waals surface area contributed by atoms with E-state index in [-0.39, 0.29) is 11.9 Å². The van der Waals surface area contributed by atoms with Crippen LogP contribution in [0.3, 0.4) is 0 Å². The number of hydrogen-bond acceptors (Lipinski definition) is 3. The van der Waals surface area contributed by atoms with Gasteiger partial charge in [0.05, 0.1) is 18.4 Å². The molecule has 4 nitrogen and oxygen atoms in total. The van der Waals surface area contributed by atoms with E-state index >= 15 is 0 Å². The topological polar surface area (TPSA) is 30.3 Å². The molecule has 0 radical (unpaired) electrons. The zero-order valence-electron chi connectivity index (χ0n) is 15.0. The maximum Gasteiger partial charge on any atom is 0.123 e. The lowest BCUT2D eigenvalue weighted by Crippen LogP contribution is -2.56. The summed E-state index contributed by atoms with van der Waals surface area (Å²) in [4.78, 5) is 2.48. The van der Waals surface area contributed by atoms with Gasteiger partial charge in [-0.15, -0.1) is 0 Å². The molecule has 0 N–H and O–H groups in total. The van der Waals surface area contributed by atoms with Crippen LogP contribution < -0.4 is 0 Å². The third-order valence-corrected chi connectivity index (χ3v) is 5.52. The number of halogens is 1. The lowest BCUT2D eigenvalue weighted by molar-refractivity contribution is -0.0141. The lowest BCUT2D eigenvalue weighted by Gasteiger charge is -2.47. The van der Waals surface area contributed by atoms with Crippen molar-refractivity contribution in [2.75, 3.05) is 19.7 Å². The predicted octanol–water partition coefficient (Wildman–Crippen LogP) is 3.18. The largest absolute Gasteiger partial charge is 0.377 e. The second kappa shape index (κ2) is 6.54. The summed E-state index contributed by atoms with van der Waals surface area (Å²) in [6.07, 6.45) is 4.27. The fourth-order valence-electron chi connectivity index (χ4n) is 4.31. The molecular weight excluding hydrogens is 317 g/mol. The molecule has 25 heavy (non-hydrogen) atoms. The summed E-state index contributed by atoms with van der Waals surface area (Å²) in [5.74, 6) is -0.164. The molecular formula is C20H26FN3O. The van der Waals surface area contributed by atoms with Gasteiger partial charge >= 0.3 is 0 Å². The molecule has 4 rings (SSSR count). The van der Waals surface area contributed by atoms with Crippen molar-refractivity contribution >= 4 is 0 Å². The van der Waals surface area contributed by atoms with Gasteiger partial charge in [-0.2, -0.15) is 5.10 Å². The Bertz CT molecular complexity index is 751. The van der Waals surface area contributed by atoms with Crippen molar-refractivity contribution in [3.8, 4) is 0 Å². The van der Waals surface area contributed by atoms with Gasteiger partial charge in [-0.05, 0) is 44.4 Å². The second-order valence-electron chi connectivity index (χ2n) is 7.71. The average molecular weight is 343 g/mol. The van der Waals surface area contributed by atoms with Crippen LogP contribution in [0.2, 0.25) is 0 Å². The molecule has 2 fully saturated rings. The van der Waals surface area contributed by atoms with E-state index in [0.717, 1.165) is 56.9 Å². The van der Waals surface area contributed by atoms with E-state index in [1.54, 1.807) is 12.1 Å². The molecule has 1 aromatic heterocycles. The minimum Gasteiger partial charge on any atom is -0.377 e. The van der Waals surface area contributed by atoms with E-state index in [4.69, 9.17) is 4.74 Å². The number of aromatic nitrogens is 2. The highest BCUT2D eigenvalue weighted by molar-refractivity contribution is 5.19. The molecule has 5 heteroatoms. The van der Waals surface area contributed by atoms with Crippen LogP contribution in [0.5, 0.6) is 0 Å². The van der Waals surface area contributed by atoms with Gasteiger partial charge in [-0.25, -0.2) is 4.39 Å². The number of rotatable bonds is 5. The first kappa shape index (κ1) is 16.7. The highest BCUT2D eigenvalue weighted by atomic mass is 19.1. The smallest absolute Gasteiger partial charge is 0.123 e. The second-order valence-corrected chi connectivity index (χ2v) is 7.71. The fourth-order valence-corrected chi connectivity index (χ4v) is 4.31. The van der Waals surface area contributed by atoms with Crippen molar-refractivity contribution in [2.45, 2.75) is 45.9 Å². The van der Waals surface area contributed by atoms with E-state index in [2.05, 4.69) is 30.0 Å². The normalized spacial score (nSPS) is 22.4. The van der Waals surface area contributed by atoms with E-state index in [1.165, 1.54) is 11.6 Å². The fraction of sp³-hybridized carbons (Fsp3) is 0.550. The summed E-state index contributed by atoms with van der Waals surface area (Å²) in [5.41, 5.74) is 3.79. The zero-order valence-corrected chi connectivity index (χ0v) is 15.0. The van der Waals surface area contributed by atoms with E-state index < -0.39 is 0 Å². The van der Waals surface area contributed by atoms with Crippen LogP contribution in [0.4, 0.5) is 4.39 Å². The number of benzene rings is 1. The highest BCUT2D eigenvalue weighted by Crippen LogP contribution is 2.42. The maximum absolute atomic E-state index is 13.3. The third-order valence-electron chi connectivity index (χ3n) is 5.52.